The molecule has 7 aromatic rings. The minimum atomic E-state index is -0.667. The number of carbonyl (C=O) groups is 2. The lowest BCUT2D eigenvalue weighted by Crippen LogP contribution is -2.36. The van der Waals surface area contributed by atoms with E-state index in [9.17, 15) is 9.59 Å². The van der Waals surface area contributed by atoms with Crippen LogP contribution in [0, 0.1) is 0 Å². The average molecular weight is 726 g/mol. The van der Waals surface area contributed by atoms with Crippen LogP contribution in [0.4, 0.5) is 17.1 Å². The monoisotopic (exact) mass is 725 g/mol. The summed E-state index contributed by atoms with van der Waals surface area (Å²) in [5.74, 6) is -0.444. The van der Waals surface area contributed by atoms with E-state index in [4.69, 9.17) is 0 Å². The molecule has 272 valence electrons. The maximum atomic E-state index is 14.1. The molecule has 3 nitrogen and oxygen atoms in total. The molecular formula is C53H43NO2. The zero-order chi connectivity index (χ0) is 38.7. The maximum absolute atomic E-state index is 14.1. The van der Waals surface area contributed by atoms with Gasteiger partial charge in [-0.15, -0.1) is 0 Å². The van der Waals surface area contributed by atoms with E-state index in [2.05, 4.69) is 156 Å². The maximum Gasteiger partial charge on any atom is 0.197 e. The molecule has 0 saturated carbocycles. The van der Waals surface area contributed by atoms with E-state index < -0.39 is 5.41 Å². The van der Waals surface area contributed by atoms with Crippen molar-refractivity contribution < 1.29 is 9.59 Å². The average Bonchev–Trinajstić information content (AvgIpc) is 3.61. The second kappa shape index (κ2) is 11.8. The van der Waals surface area contributed by atoms with Crippen LogP contribution >= 0.6 is 0 Å². The summed E-state index contributed by atoms with van der Waals surface area (Å²) < 4.78 is 0. The summed E-state index contributed by atoms with van der Waals surface area (Å²) in [7, 11) is 0. The lowest BCUT2D eigenvalue weighted by Gasteiger charge is -2.46. The number of Topliss-reactive ketones (excluding diaryl/α,β-unsaturated/α-hetero) is 2. The molecule has 0 aromatic heterocycles. The van der Waals surface area contributed by atoms with Gasteiger partial charge in [0.1, 0.15) is 0 Å². The van der Waals surface area contributed by atoms with Crippen LogP contribution in [0.3, 0.4) is 0 Å². The van der Waals surface area contributed by atoms with E-state index in [-0.39, 0.29) is 28.0 Å². The van der Waals surface area contributed by atoms with Crippen LogP contribution < -0.4 is 4.90 Å². The van der Waals surface area contributed by atoms with Crippen LogP contribution in [0.2, 0.25) is 0 Å². The van der Waals surface area contributed by atoms with Crippen LogP contribution in [0.15, 0.2) is 151 Å². The van der Waals surface area contributed by atoms with Crippen molar-refractivity contribution in [3.63, 3.8) is 0 Å². The Labute approximate surface area is 329 Å². The lowest BCUT2D eigenvalue weighted by molar-refractivity contribution is 0.0990. The van der Waals surface area contributed by atoms with Crippen molar-refractivity contribution in [3.8, 4) is 11.1 Å². The molecule has 0 bridgehead atoms. The first-order chi connectivity index (χ1) is 26.9. The van der Waals surface area contributed by atoms with E-state index in [1.807, 2.05) is 42.5 Å². The second-order valence-corrected chi connectivity index (χ2v) is 17.7. The van der Waals surface area contributed by atoms with E-state index in [1.165, 1.54) is 38.9 Å². The zero-order valence-electron chi connectivity index (χ0n) is 32.7. The van der Waals surface area contributed by atoms with Crippen molar-refractivity contribution in [2.24, 2.45) is 0 Å². The Morgan fingerprint density at radius 3 is 1.50 bits per heavy atom. The molecule has 0 amide bonds. The third kappa shape index (κ3) is 4.83. The first kappa shape index (κ1) is 34.2. The normalized spacial score (nSPS) is 15.1. The Morgan fingerprint density at radius 2 is 0.946 bits per heavy atom. The molecule has 3 aliphatic rings. The van der Waals surface area contributed by atoms with Gasteiger partial charge in [-0.25, -0.2) is 0 Å². The van der Waals surface area contributed by atoms with Crippen molar-refractivity contribution in [3.05, 3.63) is 201 Å². The summed E-state index contributed by atoms with van der Waals surface area (Å²) in [4.78, 5) is 30.5. The van der Waals surface area contributed by atoms with Crippen molar-refractivity contribution in [1.29, 1.82) is 0 Å². The third-order valence-electron chi connectivity index (χ3n) is 12.3. The van der Waals surface area contributed by atoms with Gasteiger partial charge in [-0.3, -0.25) is 9.59 Å². The van der Waals surface area contributed by atoms with Crippen LogP contribution in [0.25, 0.3) is 28.0 Å². The lowest BCUT2D eigenvalue weighted by atomic mass is 9.63. The predicted molar refractivity (Wildman–Crippen MR) is 230 cm³/mol. The molecule has 1 heterocycles. The highest BCUT2D eigenvalue weighted by Crippen LogP contribution is 2.64. The number of nitrogens with zero attached hydrogens (tertiary/aromatic N) is 1. The molecule has 0 unspecified atom stereocenters. The molecule has 1 spiro atoms. The number of anilines is 3. The van der Waals surface area contributed by atoms with Gasteiger partial charge in [0.05, 0.1) is 22.4 Å². The molecule has 0 radical (unpaired) electrons. The number of allylic oxidation sites excluding steroid dienone is 1. The van der Waals surface area contributed by atoms with Gasteiger partial charge in [-0.1, -0.05) is 145 Å². The zero-order valence-corrected chi connectivity index (χ0v) is 32.7. The number of fused-ring (bicyclic) bond motifs is 11. The molecule has 0 atom stereocenters. The van der Waals surface area contributed by atoms with Gasteiger partial charge in [-0.2, -0.15) is 0 Å². The minimum Gasteiger partial charge on any atom is -0.310 e. The Morgan fingerprint density at radius 1 is 0.464 bits per heavy atom. The molecule has 10 rings (SSSR count). The van der Waals surface area contributed by atoms with Gasteiger partial charge in [0.2, 0.25) is 0 Å². The van der Waals surface area contributed by atoms with E-state index in [1.54, 1.807) is 0 Å². The Kier molecular flexibility index (Phi) is 7.23. The topological polar surface area (TPSA) is 37.4 Å². The summed E-state index contributed by atoms with van der Waals surface area (Å²) >= 11 is 0. The molecule has 2 aliphatic carbocycles. The summed E-state index contributed by atoms with van der Waals surface area (Å²) in [6.45, 7) is 13.6. The van der Waals surface area contributed by atoms with Gasteiger partial charge in [0, 0.05) is 16.8 Å². The predicted octanol–water partition coefficient (Wildman–Crippen LogP) is 13.0. The molecule has 0 saturated heterocycles. The standard InChI is InChI=1S/C53H43NO2/c1-51(2,3)35-20-23-37(24-21-35)54-47-25-19-32(27-42-49(55)40-29-33-13-7-8-14-34(33)30-41(40)50(42)56)28-45(47)53(46-31-36(52(4,5)6)22-26-48(46)54)43-17-11-9-15-38(43)39-16-10-12-18-44(39)53/h7-31H,1-6H3. The first-order valence-corrected chi connectivity index (χ1v) is 19.6. The van der Waals surface area contributed by atoms with Crippen molar-refractivity contribution >= 4 is 45.5 Å². The van der Waals surface area contributed by atoms with Crippen LogP contribution in [-0.2, 0) is 16.2 Å². The van der Waals surface area contributed by atoms with Gasteiger partial charge < -0.3 is 4.90 Å². The number of carbonyl (C=O) groups excluding carboxylic acids is 2. The summed E-state index contributed by atoms with van der Waals surface area (Å²) in [5, 5.41) is 1.90. The fraction of sp³-hybridized carbons (Fsp3) is 0.170. The van der Waals surface area contributed by atoms with Gasteiger partial charge >= 0.3 is 0 Å². The summed E-state index contributed by atoms with van der Waals surface area (Å²) in [6.07, 6.45) is 1.82. The molecule has 56 heavy (non-hydrogen) atoms. The molecule has 7 aromatic carbocycles. The molecule has 0 fully saturated rings. The summed E-state index contributed by atoms with van der Waals surface area (Å²) in [6, 6.07) is 51.8. The highest BCUT2D eigenvalue weighted by atomic mass is 16.2. The largest absolute Gasteiger partial charge is 0.310 e. The molecule has 1 aliphatic heterocycles. The highest BCUT2D eigenvalue weighted by molar-refractivity contribution is 6.42. The molecule has 3 heteroatoms. The highest BCUT2D eigenvalue weighted by Gasteiger charge is 2.52. The quantitative estimate of drug-likeness (QED) is 0.132. The Bertz CT molecular complexity index is 2760. The Balaban J connectivity index is 1.26. The van der Waals surface area contributed by atoms with Crippen LogP contribution in [-0.4, -0.2) is 11.6 Å². The van der Waals surface area contributed by atoms with Crippen molar-refractivity contribution in [2.75, 3.05) is 4.90 Å². The number of hydrogen-bond acceptors (Lipinski definition) is 3. The number of hydrogen-bond donors (Lipinski definition) is 0. The van der Waals surface area contributed by atoms with Crippen LogP contribution in [0.5, 0.6) is 0 Å². The number of rotatable bonds is 2. The van der Waals surface area contributed by atoms with Gasteiger partial charge in [0.25, 0.3) is 0 Å². The van der Waals surface area contributed by atoms with Crippen molar-refractivity contribution in [1.82, 2.24) is 0 Å². The van der Waals surface area contributed by atoms with Crippen LogP contribution in [0.1, 0.15) is 101 Å². The first-order valence-electron chi connectivity index (χ1n) is 19.6. The number of ketones is 2. The summed E-state index contributed by atoms with van der Waals surface area (Å²) in [5.41, 5.74) is 14.3. The number of benzene rings is 7. The minimum absolute atomic E-state index is 0.0169. The van der Waals surface area contributed by atoms with E-state index in [0.29, 0.717) is 11.1 Å². The van der Waals surface area contributed by atoms with Gasteiger partial charge in [0.15, 0.2) is 11.6 Å². The third-order valence-corrected chi connectivity index (χ3v) is 12.3. The Hall–Kier alpha value is -6.32. The van der Waals surface area contributed by atoms with Crippen molar-refractivity contribution in [2.45, 2.75) is 57.8 Å². The van der Waals surface area contributed by atoms with E-state index >= 15 is 0 Å². The molecular weight excluding hydrogens is 683 g/mol. The fourth-order valence-corrected chi connectivity index (χ4v) is 9.42. The molecule has 0 N–H and O–H groups in total. The second-order valence-electron chi connectivity index (χ2n) is 17.7. The fourth-order valence-electron chi connectivity index (χ4n) is 9.42. The SMILES string of the molecule is CC(C)(C)c1ccc(N2c3ccc(C=C4C(=O)c5cc6ccccc6cc5C4=O)cc3C3(c4ccccc4-c4ccccc43)c3cc(C(C)(C)C)ccc32)cc1. The van der Waals surface area contributed by atoms with E-state index in [0.717, 1.165) is 39.0 Å². The smallest absolute Gasteiger partial charge is 0.197 e. The van der Waals surface area contributed by atoms with Gasteiger partial charge in [-0.05, 0) is 120 Å².